The van der Waals surface area contributed by atoms with Gasteiger partial charge in [-0.3, -0.25) is 4.79 Å². The molecule has 1 N–H and O–H groups in total. The van der Waals surface area contributed by atoms with Crippen molar-refractivity contribution in [3.8, 4) is 5.75 Å². The van der Waals surface area contributed by atoms with E-state index in [2.05, 4.69) is 15.3 Å². The number of hydrogen-bond donors (Lipinski definition) is 1. The second-order valence-corrected chi connectivity index (χ2v) is 5.13. The van der Waals surface area contributed by atoms with Gasteiger partial charge in [0.05, 0.1) is 5.92 Å². The molecule has 1 heterocycles. The van der Waals surface area contributed by atoms with E-state index in [9.17, 15) is 4.79 Å². The summed E-state index contributed by atoms with van der Waals surface area (Å²) < 4.78 is 5.45. The van der Waals surface area contributed by atoms with Gasteiger partial charge in [-0.15, -0.1) is 0 Å². The first-order valence-electron chi connectivity index (χ1n) is 7.49. The van der Waals surface area contributed by atoms with Crippen LogP contribution in [0, 0.1) is 12.8 Å². The molecular formula is C17H21N3O2. The van der Waals surface area contributed by atoms with Gasteiger partial charge in [0.2, 0.25) is 0 Å². The second-order valence-electron chi connectivity index (χ2n) is 5.13. The van der Waals surface area contributed by atoms with E-state index in [0.29, 0.717) is 11.6 Å². The summed E-state index contributed by atoms with van der Waals surface area (Å²) in [4.78, 5) is 20.2. The van der Waals surface area contributed by atoms with Crippen molar-refractivity contribution in [2.24, 2.45) is 5.92 Å². The highest BCUT2D eigenvalue weighted by Crippen LogP contribution is 2.22. The summed E-state index contributed by atoms with van der Waals surface area (Å²) in [5.74, 6) is 1.00. The molecule has 0 unspecified atom stereocenters. The topological polar surface area (TPSA) is 64.1 Å². The van der Waals surface area contributed by atoms with E-state index >= 15 is 0 Å². The molecule has 5 heteroatoms. The summed E-state index contributed by atoms with van der Waals surface area (Å²) in [5.41, 5.74) is 1.70. The highest BCUT2D eigenvalue weighted by Gasteiger charge is 2.16. The van der Waals surface area contributed by atoms with Crippen LogP contribution in [0.1, 0.15) is 32.4 Å². The molecule has 0 saturated heterocycles. The van der Waals surface area contributed by atoms with Crippen molar-refractivity contribution in [2.45, 2.75) is 33.6 Å². The van der Waals surface area contributed by atoms with Crippen LogP contribution in [0.25, 0.3) is 0 Å². The third-order valence-corrected chi connectivity index (χ3v) is 3.45. The first kappa shape index (κ1) is 15.9. The Kier molecular flexibility index (Phi) is 5.47. The Morgan fingerprint density at radius 1 is 1.23 bits per heavy atom. The van der Waals surface area contributed by atoms with E-state index in [1.165, 1.54) is 6.33 Å². The zero-order valence-corrected chi connectivity index (χ0v) is 13.2. The monoisotopic (exact) mass is 299 g/mol. The fourth-order valence-electron chi connectivity index (χ4n) is 2.13. The van der Waals surface area contributed by atoms with E-state index in [0.717, 1.165) is 24.2 Å². The van der Waals surface area contributed by atoms with E-state index in [1.807, 2.05) is 39.0 Å². The molecule has 2 aromatic rings. The van der Waals surface area contributed by atoms with Crippen molar-refractivity contribution in [2.75, 3.05) is 5.32 Å². The molecule has 0 atom stereocenters. The largest absolute Gasteiger partial charge is 0.426 e. The molecule has 0 aliphatic heterocycles. The number of carbonyl (C=O) groups excluding carboxylic acids is 1. The summed E-state index contributed by atoms with van der Waals surface area (Å²) in [5, 5.41) is 3.17. The second kappa shape index (κ2) is 7.54. The number of nitrogens with one attached hydrogen (secondary N) is 1. The number of hydrogen-bond acceptors (Lipinski definition) is 5. The maximum Gasteiger partial charge on any atom is 0.314 e. The molecule has 1 aromatic heterocycles. The lowest BCUT2D eigenvalue weighted by molar-refractivity contribution is -0.139. The molecule has 1 aromatic carbocycles. The Morgan fingerprint density at radius 2 is 2.00 bits per heavy atom. The van der Waals surface area contributed by atoms with Gasteiger partial charge >= 0.3 is 5.97 Å². The zero-order valence-electron chi connectivity index (χ0n) is 13.2. The van der Waals surface area contributed by atoms with Crippen LogP contribution < -0.4 is 10.1 Å². The average molecular weight is 299 g/mol. The van der Waals surface area contributed by atoms with Crippen LogP contribution >= 0.6 is 0 Å². The molecule has 116 valence electrons. The van der Waals surface area contributed by atoms with Gasteiger partial charge in [0.25, 0.3) is 0 Å². The Morgan fingerprint density at radius 3 is 2.68 bits per heavy atom. The summed E-state index contributed by atoms with van der Waals surface area (Å²) >= 11 is 0. The fourth-order valence-corrected chi connectivity index (χ4v) is 2.13. The van der Waals surface area contributed by atoms with Gasteiger partial charge in [0, 0.05) is 23.5 Å². The lowest BCUT2D eigenvalue weighted by Gasteiger charge is -2.12. The van der Waals surface area contributed by atoms with Crippen LogP contribution in [0.5, 0.6) is 5.75 Å². The molecule has 0 amide bonds. The Labute approximate surface area is 130 Å². The standard InChI is InChI=1S/C17H21N3O2/c1-4-13(5-2)17(21)22-15-8-6-7-14(10-15)20-16-9-12(3)18-11-19-16/h6-11,13H,4-5H2,1-3H3,(H,18,19,20). The van der Waals surface area contributed by atoms with Gasteiger partial charge in [0.1, 0.15) is 17.9 Å². The molecule has 0 spiro atoms. The molecule has 0 aliphatic rings. The van der Waals surface area contributed by atoms with Gasteiger partial charge in [0.15, 0.2) is 0 Å². The molecular weight excluding hydrogens is 278 g/mol. The van der Waals surface area contributed by atoms with Crippen molar-refractivity contribution in [1.82, 2.24) is 9.97 Å². The number of ether oxygens (including phenoxy) is 1. The molecule has 22 heavy (non-hydrogen) atoms. The summed E-state index contributed by atoms with van der Waals surface area (Å²) in [6.45, 7) is 5.89. The van der Waals surface area contributed by atoms with Crippen LogP contribution in [0.4, 0.5) is 11.5 Å². The molecule has 0 radical (unpaired) electrons. The first-order chi connectivity index (χ1) is 10.6. The van der Waals surface area contributed by atoms with E-state index in [4.69, 9.17) is 4.74 Å². The van der Waals surface area contributed by atoms with Gasteiger partial charge in [-0.25, -0.2) is 9.97 Å². The molecule has 5 nitrogen and oxygen atoms in total. The van der Waals surface area contributed by atoms with Crippen LogP contribution in [0.2, 0.25) is 0 Å². The normalized spacial score (nSPS) is 10.5. The van der Waals surface area contributed by atoms with Crippen molar-refractivity contribution in [3.63, 3.8) is 0 Å². The number of benzene rings is 1. The Hall–Kier alpha value is -2.43. The number of aromatic nitrogens is 2. The predicted octanol–water partition coefficient (Wildman–Crippen LogP) is 3.87. The van der Waals surface area contributed by atoms with E-state index in [1.54, 1.807) is 12.1 Å². The summed E-state index contributed by atoms with van der Waals surface area (Å²) in [6, 6.07) is 9.15. The van der Waals surface area contributed by atoms with E-state index < -0.39 is 0 Å². The Bertz CT molecular complexity index is 639. The molecule has 0 aliphatic carbocycles. The highest BCUT2D eigenvalue weighted by molar-refractivity contribution is 5.75. The molecule has 0 saturated carbocycles. The van der Waals surface area contributed by atoms with Gasteiger partial charge in [-0.05, 0) is 31.9 Å². The number of rotatable bonds is 6. The first-order valence-corrected chi connectivity index (χ1v) is 7.49. The minimum absolute atomic E-state index is 0.0545. The van der Waals surface area contributed by atoms with Crippen LogP contribution in [0.3, 0.4) is 0 Å². The Balaban J connectivity index is 2.08. The zero-order chi connectivity index (χ0) is 15.9. The number of nitrogens with zero attached hydrogens (tertiary/aromatic N) is 2. The molecule has 0 bridgehead atoms. The van der Waals surface area contributed by atoms with Crippen molar-refractivity contribution in [3.05, 3.63) is 42.4 Å². The number of carbonyl (C=O) groups is 1. The summed E-state index contributed by atoms with van der Waals surface area (Å²) in [6.07, 6.45) is 3.08. The lowest BCUT2D eigenvalue weighted by Crippen LogP contribution is -2.19. The fraction of sp³-hybridized carbons (Fsp3) is 0.353. The maximum atomic E-state index is 12.0. The number of aryl methyl sites for hydroxylation is 1. The minimum Gasteiger partial charge on any atom is -0.426 e. The van der Waals surface area contributed by atoms with Crippen LogP contribution in [-0.4, -0.2) is 15.9 Å². The molecule has 0 fully saturated rings. The molecule has 2 rings (SSSR count). The van der Waals surface area contributed by atoms with Gasteiger partial charge in [-0.2, -0.15) is 0 Å². The minimum atomic E-state index is -0.181. The van der Waals surface area contributed by atoms with Crippen molar-refractivity contribution >= 4 is 17.5 Å². The van der Waals surface area contributed by atoms with E-state index in [-0.39, 0.29) is 11.9 Å². The van der Waals surface area contributed by atoms with Crippen LogP contribution in [0.15, 0.2) is 36.7 Å². The van der Waals surface area contributed by atoms with Crippen LogP contribution in [-0.2, 0) is 4.79 Å². The average Bonchev–Trinajstić information content (AvgIpc) is 2.49. The van der Waals surface area contributed by atoms with Crippen molar-refractivity contribution in [1.29, 1.82) is 0 Å². The highest BCUT2D eigenvalue weighted by atomic mass is 16.5. The van der Waals surface area contributed by atoms with Crippen molar-refractivity contribution < 1.29 is 9.53 Å². The smallest absolute Gasteiger partial charge is 0.314 e. The SMILES string of the molecule is CCC(CC)C(=O)Oc1cccc(Nc2cc(C)ncn2)c1. The number of anilines is 2. The van der Waals surface area contributed by atoms with Gasteiger partial charge in [-0.1, -0.05) is 19.9 Å². The van der Waals surface area contributed by atoms with Gasteiger partial charge < -0.3 is 10.1 Å². The third-order valence-electron chi connectivity index (χ3n) is 3.45. The third kappa shape index (κ3) is 4.28. The predicted molar refractivity (Wildman–Crippen MR) is 86.2 cm³/mol. The number of esters is 1. The quantitative estimate of drug-likeness (QED) is 0.648. The maximum absolute atomic E-state index is 12.0. The lowest BCUT2D eigenvalue weighted by atomic mass is 10.0. The summed E-state index contributed by atoms with van der Waals surface area (Å²) in [7, 11) is 0.